The highest BCUT2D eigenvalue weighted by atomic mass is 32.2. The predicted octanol–water partition coefficient (Wildman–Crippen LogP) is 1.03. The Morgan fingerprint density at radius 2 is 2.00 bits per heavy atom. The molecule has 1 atom stereocenters. The van der Waals surface area contributed by atoms with E-state index in [0.717, 1.165) is 12.2 Å². The van der Waals surface area contributed by atoms with Crippen LogP contribution in [0, 0.1) is 0 Å². The number of ether oxygens (including phenoxy) is 1. The second-order valence-electron chi connectivity index (χ2n) is 7.91. The van der Waals surface area contributed by atoms with Crippen molar-refractivity contribution in [1.82, 2.24) is 14.1 Å². The number of morpholine rings is 1. The first kappa shape index (κ1) is 19.6. The maximum absolute atomic E-state index is 12.9. The number of hydrogen-bond acceptors (Lipinski definition) is 5. The van der Waals surface area contributed by atoms with Gasteiger partial charge in [0.25, 0.3) is 0 Å². The van der Waals surface area contributed by atoms with E-state index >= 15 is 0 Å². The minimum absolute atomic E-state index is 0.0973. The summed E-state index contributed by atoms with van der Waals surface area (Å²) in [6.45, 7) is 5.88. The second-order valence-corrected chi connectivity index (χ2v) is 10.00. The Morgan fingerprint density at radius 3 is 2.71 bits per heavy atom. The van der Waals surface area contributed by atoms with Gasteiger partial charge < -0.3 is 15.0 Å². The zero-order chi connectivity index (χ0) is 19.8. The first-order valence-corrected chi connectivity index (χ1v) is 11.5. The molecule has 1 aromatic carbocycles. The van der Waals surface area contributed by atoms with Gasteiger partial charge in [0.15, 0.2) is 0 Å². The topological polar surface area (TPSA) is 82.2 Å². The van der Waals surface area contributed by atoms with Gasteiger partial charge in [-0.3, -0.25) is 4.90 Å². The Balaban J connectivity index is 1.50. The minimum atomic E-state index is -3.22. The number of carbonyl (C=O) groups is 1. The monoisotopic (exact) mass is 408 g/mol. The first-order valence-electron chi connectivity index (χ1n) is 9.87. The van der Waals surface area contributed by atoms with Crippen molar-refractivity contribution in [3.63, 3.8) is 0 Å². The number of piperazine rings is 1. The maximum Gasteiger partial charge on any atom is 0.321 e. The van der Waals surface area contributed by atoms with Gasteiger partial charge in [0.05, 0.1) is 30.5 Å². The molecular formula is C19H28N4O4S. The van der Waals surface area contributed by atoms with Gasteiger partial charge in [-0.15, -0.1) is 0 Å². The molecule has 3 heterocycles. The quantitative estimate of drug-likeness (QED) is 0.805. The van der Waals surface area contributed by atoms with Gasteiger partial charge in [0.1, 0.15) is 0 Å². The fourth-order valence-corrected chi connectivity index (χ4v) is 6.20. The summed E-state index contributed by atoms with van der Waals surface area (Å²) in [4.78, 5) is 17.1. The molecule has 3 saturated heterocycles. The lowest BCUT2D eigenvalue weighted by molar-refractivity contribution is -0.139. The van der Waals surface area contributed by atoms with E-state index in [-0.39, 0.29) is 23.4 Å². The molecule has 8 nitrogen and oxygen atoms in total. The number of carbonyl (C=O) groups excluding carboxylic acids is 1. The summed E-state index contributed by atoms with van der Waals surface area (Å²) in [5, 5.41) is 2.95. The van der Waals surface area contributed by atoms with Gasteiger partial charge in [-0.1, -0.05) is 25.1 Å². The summed E-state index contributed by atoms with van der Waals surface area (Å²) in [5.74, 6) is 0.174. The van der Waals surface area contributed by atoms with E-state index in [9.17, 15) is 13.2 Å². The molecule has 0 bridgehead atoms. The summed E-state index contributed by atoms with van der Waals surface area (Å²) in [6.07, 6.45) is 0.609. The zero-order valence-corrected chi connectivity index (χ0v) is 17.0. The van der Waals surface area contributed by atoms with Crippen LogP contribution in [0.15, 0.2) is 30.3 Å². The Labute approximate surface area is 166 Å². The van der Waals surface area contributed by atoms with E-state index in [0.29, 0.717) is 45.8 Å². The van der Waals surface area contributed by atoms with Crippen LogP contribution >= 0.6 is 0 Å². The Kier molecular flexibility index (Phi) is 5.34. The molecular weight excluding hydrogens is 380 g/mol. The third-order valence-corrected chi connectivity index (χ3v) is 7.83. The van der Waals surface area contributed by atoms with Gasteiger partial charge in [0.2, 0.25) is 10.0 Å². The SMILES string of the molecule is CCCS(=O)(=O)N1CC2(CN(C(=O)Nc3ccccc3)CC3COCCN32)C1. The van der Waals surface area contributed by atoms with E-state index in [1.54, 1.807) is 4.31 Å². The standard InChI is InChI=1S/C19H28N4O4S/c1-2-10-28(25,26)22-14-19(15-22)13-21(11-17-12-27-9-8-23(17)19)18(24)20-16-6-4-3-5-7-16/h3-7,17H,2,8-15H2,1H3,(H,20,24). The van der Waals surface area contributed by atoms with Crippen molar-refractivity contribution in [2.24, 2.45) is 0 Å². The van der Waals surface area contributed by atoms with Crippen LogP contribution in [0.2, 0.25) is 0 Å². The molecule has 0 aromatic heterocycles. The van der Waals surface area contributed by atoms with E-state index in [4.69, 9.17) is 4.74 Å². The molecule has 0 saturated carbocycles. The molecule has 0 radical (unpaired) electrons. The van der Waals surface area contributed by atoms with Crippen molar-refractivity contribution in [2.75, 3.05) is 57.0 Å². The molecule has 3 aliphatic rings. The molecule has 2 amide bonds. The lowest BCUT2D eigenvalue weighted by atomic mass is 9.84. The number of rotatable bonds is 4. The van der Waals surface area contributed by atoms with Crippen LogP contribution in [0.3, 0.4) is 0 Å². The maximum atomic E-state index is 12.9. The molecule has 1 N–H and O–H groups in total. The highest BCUT2D eigenvalue weighted by molar-refractivity contribution is 7.89. The van der Waals surface area contributed by atoms with Crippen LogP contribution in [0.5, 0.6) is 0 Å². The first-order chi connectivity index (χ1) is 13.4. The number of fused-ring (bicyclic) bond motifs is 2. The molecule has 154 valence electrons. The average molecular weight is 409 g/mol. The zero-order valence-electron chi connectivity index (χ0n) is 16.2. The minimum Gasteiger partial charge on any atom is -0.378 e. The highest BCUT2D eigenvalue weighted by Gasteiger charge is 2.57. The van der Waals surface area contributed by atoms with Crippen LogP contribution < -0.4 is 5.32 Å². The molecule has 28 heavy (non-hydrogen) atoms. The number of urea groups is 1. The lowest BCUT2D eigenvalue weighted by Gasteiger charge is -2.62. The number of hydrogen-bond donors (Lipinski definition) is 1. The van der Waals surface area contributed by atoms with E-state index < -0.39 is 10.0 Å². The smallest absolute Gasteiger partial charge is 0.321 e. The molecule has 1 unspecified atom stereocenters. The normalized spacial score (nSPS) is 25.2. The highest BCUT2D eigenvalue weighted by Crippen LogP contribution is 2.37. The molecule has 4 rings (SSSR count). The molecule has 3 aliphatic heterocycles. The third kappa shape index (κ3) is 3.63. The van der Waals surface area contributed by atoms with Gasteiger partial charge in [-0.05, 0) is 18.6 Å². The van der Waals surface area contributed by atoms with Crippen LogP contribution in [0.4, 0.5) is 10.5 Å². The van der Waals surface area contributed by atoms with Crippen LogP contribution in [-0.4, -0.2) is 91.8 Å². The summed E-state index contributed by atoms with van der Waals surface area (Å²) < 4.78 is 32.1. The van der Waals surface area contributed by atoms with Gasteiger partial charge >= 0.3 is 6.03 Å². The second kappa shape index (κ2) is 7.62. The largest absolute Gasteiger partial charge is 0.378 e. The third-order valence-electron chi connectivity index (χ3n) is 5.86. The summed E-state index contributed by atoms with van der Waals surface area (Å²) in [6, 6.07) is 9.33. The number of nitrogens with zero attached hydrogens (tertiary/aromatic N) is 3. The summed E-state index contributed by atoms with van der Waals surface area (Å²) in [7, 11) is -3.22. The van der Waals surface area contributed by atoms with Crippen molar-refractivity contribution in [3.8, 4) is 0 Å². The summed E-state index contributed by atoms with van der Waals surface area (Å²) in [5.41, 5.74) is 0.436. The van der Waals surface area contributed by atoms with Crippen molar-refractivity contribution in [3.05, 3.63) is 30.3 Å². The van der Waals surface area contributed by atoms with Crippen molar-refractivity contribution < 1.29 is 17.9 Å². The molecule has 9 heteroatoms. The Bertz CT molecular complexity index is 810. The van der Waals surface area contributed by atoms with Gasteiger partial charge in [-0.25, -0.2) is 13.2 Å². The number of nitrogens with one attached hydrogen (secondary N) is 1. The molecule has 3 fully saturated rings. The van der Waals surface area contributed by atoms with Crippen LogP contribution in [0.1, 0.15) is 13.3 Å². The number of para-hydroxylation sites is 1. The van der Waals surface area contributed by atoms with Crippen molar-refractivity contribution in [2.45, 2.75) is 24.9 Å². The summed E-state index contributed by atoms with van der Waals surface area (Å²) >= 11 is 0. The molecule has 0 aliphatic carbocycles. The van der Waals surface area contributed by atoms with E-state index in [1.165, 1.54) is 0 Å². The van der Waals surface area contributed by atoms with Gasteiger partial charge in [0, 0.05) is 38.4 Å². The van der Waals surface area contributed by atoms with Crippen molar-refractivity contribution >= 4 is 21.7 Å². The molecule has 1 aromatic rings. The van der Waals surface area contributed by atoms with Crippen molar-refractivity contribution in [1.29, 1.82) is 0 Å². The lowest BCUT2D eigenvalue weighted by Crippen LogP contribution is -2.81. The number of amides is 2. The van der Waals surface area contributed by atoms with Gasteiger partial charge in [-0.2, -0.15) is 4.31 Å². The fraction of sp³-hybridized carbons (Fsp3) is 0.632. The van der Waals surface area contributed by atoms with E-state index in [1.807, 2.05) is 42.2 Å². The predicted molar refractivity (Wildman–Crippen MR) is 107 cm³/mol. The number of anilines is 1. The molecule has 1 spiro atoms. The average Bonchev–Trinajstić information content (AvgIpc) is 2.66. The van der Waals surface area contributed by atoms with E-state index in [2.05, 4.69) is 10.2 Å². The number of benzene rings is 1. The van der Waals surface area contributed by atoms with Crippen LogP contribution in [-0.2, 0) is 14.8 Å². The Morgan fingerprint density at radius 1 is 1.25 bits per heavy atom. The Hall–Kier alpha value is -1.68. The fourth-order valence-electron chi connectivity index (χ4n) is 4.55. The number of sulfonamides is 1. The van der Waals surface area contributed by atoms with Crippen LogP contribution in [0.25, 0.3) is 0 Å².